The van der Waals surface area contributed by atoms with E-state index < -0.39 is 12.8 Å². The summed E-state index contributed by atoms with van der Waals surface area (Å²) in [6.45, 7) is 1.59. The third-order valence-corrected chi connectivity index (χ3v) is 3.58. The first-order chi connectivity index (χ1) is 12.4. The van der Waals surface area contributed by atoms with Crippen molar-refractivity contribution in [2.75, 3.05) is 13.7 Å². The highest BCUT2D eigenvalue weighted by molar-refractivity contribution is 14.0. The van der Waals surface area contributed by atoms with Crippen LogP contribution in [-0.2, 0) is 13.1 Å². The zero-order valence-electron chi connectivity index (χ0n) is 15.1. The molecule has 148 valence electrons. The number of rotatable bonds is 6. The van der Waals surface area contributed by atoms with Crippen molar-refractivity contribution in [2.24, 2.45) is 4.99 Å². The number of benzene rings is 2. The molecule has 2 N–H and O–H groups in total. The smallest absolute Gasteiger partial charge is 0.422 e. The van der Waals surface area contributed by atoms with Crippen molar-refractivity contribution in [3.05, 3.63) is 65.2 Å². The van der Waals surface area contributed by atoms with Crippen LogP contribution in [0.3, 0.4) is 0 Å². The van der Waals surface area contributed by atoms with E-state index >= 15 is 0 Å². The monoisotopic (exact) mass is 493 g/mol. The predicted octanol–water partition coefficient (Wildman–Crippen LogP) is 4.42. The molecule has 4 nitrogen and oxygen atoms in total. The van der Waals surface area contributed by atoms with Crippen LogP contribution in [0.1, 0.15) is 16.7 Å². The maximum atomic E-state index is 12.4. The molecular weight excluding hydrogens is 470 g/mol. The van der Waals surface area contributed by atoms with Crippen molar-refractivity contribution in [2.45, 2.75) is 26.2 Å². The number of aryl methyl sites for hydroxylation is 1. The van der Waals surface area contributed by atoms with Gasteiger partial charge in [-0.05, 0) is 18.6 Å². The highest BCUT2D eigenvalue weighted by atomic mass is 127. The summed E-state index contributed by atoms with van der Waals surface area (Å²) in [6, 6.07) is 14.7. The van der Waals surface area contributed by atoms with Crippen molar-refractivity contribution >= 4 is 29.9 Å². The van der Waals surface area contributed by atoms with E-state index in [1.54, 1.807) is 25.2 Å². The maximum absolute atomic E-state index is 12.4. The van der Waals surface area contributed by atoms with E-state index in [0.717, 1.165) is 5.56 Å². The molecule has 0 atom stereocenters. The lowest BCUT2D eigenvalue weighted by atomic mass is 10.1. The molecule has 0 bridgehead atoms. The van der Waals surface area contributed by atoms with Gasteiger partial charge in [-0.25, -0.2) is 0 Å². The number of hydrogen-bond acceptors (Lipinski definition) is 2. The lowest BCUT2D eigenvalue weighted by molar-refractivity contribution is -0.153. The molecule has 2 rings (SSSR count). The van der Waals surface area contributed by atoms with Gasteiger partial charge in [0.2, 0.25) is 0 Å². The normalized spacial score (nSPS) is 11.5. The Bertz CT molecular complexity index is 751. The van der Waals surface area contributed by atoms with Gasteiger partial charge in [0, 0.05) is 25.7 Å². The Morgan fingerprint density at radius 3 is 2.41 bits per heavy atom. The van der Waals surface area contributed by atoms with Gasteiger partial charge < -0.3 is 15.4 Å². The Hall–Kier alpha value is -1.97. The zero-order chi connectivity index (χ0) is 19.0. The first kappa shape index (κ1) is 23.1. The van der Waals surface area contributed by atoms with Crippen LogP contribution in [0, 0.1) is 6.92 Å². The largest absolute Gasteiger partial charge is 0.484 e. The number of aliphatic imine (C=N–C) groups is 1. The van der Waals surface area contributed by atoms with Crippen LogP contribution in [0.25, 0.3) is 0 Å². The molecule has 0 aromatic heterocycles. The van der Waals surface area contributed by atoms with E-state index in [0.29, 0.717) is 24.6 Å². The first-order valence-electron chi connectivity index (χ1n) is 8.15. The van der Waals surface area contributed by atoms with Crippen LogP contribution in [0.4, 0.5) is 13.2 Å². The molecule has 0 spiro atoms. The van der Waals surface area contributed by atoms with Gasteiger partial charge in [0.1, 0.15) is 5.75 Å². The Kier molecular flexibility index (Phi) is 9.40. The van der Waals surface area contributed by atoms with Crippen LogP contribution in [0.5, 0.6) is 5.75 Å². The quantitative estimate of drug-likeness (QED) is 0.356. The lowest BCUT2D eigenvalue weighted by Gasteiger charge is -2.15. The number of para-hydroxylation sites is 1. The number of alkyl halides is 3. The van der Waals surface area contributed by atoms with Crippen LogP contribution >= 0.6 is 24.0 Å². The number of hydrogen-bond donors (Lipinski definition) is 2. The van der Waals surface area contributed by atoms with Crippen molar-refractivity contribution in [1.82, 2.24) is 10.6 Å². The Labute approximate surface area is 174 Å². The molecule has 0 saturated carbocycles. The van der Waals surface area contributed by atoms with Crippen molar-refractivity contribution < 1.29 is 17.9 Å². The second kappa shape index (κ2) is 11.0. The fraction of sp³-hybridized carbons (Fsp3) is 0.316. The summed E-state index contributed by atoms with van der Waals surface area (Å²) in [5.74, 6) is 0.753. The maximum Gasteiger partial charge on any atom is 0.422 e. The molecular formula is C19H23F3IN3O. The van der Waals surface area contributed by atoms with Crippen LogP contribution in [0.15, 0.2) is 53.5 Å². The van der Waals surface area contributed by atoms with E-state index in [2.05, 4.69) is 21.7 Å². The van der Waals surface area contributed by atoms with Gasteiger partial charge in [0.05, 0.1) is 0 Å². The van der Waals surface area contributed by atoms with E-state index in [9.17, 15) is 13.2 Å². The summed E-state index contributed by atoms with van der Waals surface area (Å²) in [5.41, 5.74) is 2.90. The summed E-state index contributed by atoms with van der Waals surface area (Å²) in [4.78, 5) is 4.13. The fourth-order valence-electron chi connectivity index (χ4n) is 2.36. The average molecular weight is 493 g/mol. The highest BCUT2D eigenvalue weighted by Gasteiger charge is 2.28. The molecule has 2 aromatic carbocycles. The van der Waals surface area contributed by atoms with E-state index in [1.165, 1.54) is 11.6 Å². The molecule has 0 aliphatic rings. The third-order valence-electron chi connectivity index (χ3n) is 3.58. The van der Waals surface area contributed by atoms with E-state index in [4.69, 9.17) is 4.74 Å². The molecule has 0 aliphatic carbocycles. The van der Waals surface area contributed by atoms with Crippen molar-refractivity contribution in [3.63, 3.8) is 0 Å². The minimum absolute atomic E-state index is 0. The number of ether oxygens (including phenoxy) is 1. The van der Waals surface area contributed by atoms with Gasteiger partial charge in [-0.3, -0.25) is 4.99 Å². The predicted molar refractivity (Wildman–Crippen MR) is 112 cm³/mol. The summed E-state index contributed by atoms with van der Waals surface area (Å²) < 4.78 is 42.0. The standard InChI is InChI=1S/C19H22F3N3O.HI/c1-14-6-5-7-15(10-14)11-24-18(23-2)25-12-16-8-3-4-9-17(16)26-13-19(20,21)22;/h3-10H,11-13H2,1-2H3,(H2,23,24,25);1H. The molecule has 8 heteroatoms. The molecule has 0 radical (unpaired) electrons. The molecule has 0 unspecified atom stereocenters. The Balaban J connectivity index is 0.00000364. The molecule has 0 amide bonds. The molecule has 2 aromatic rings. The first-order valence-corrected chi connectivity index (χ1v) is 8.15. The highest BCUT2D eigenvalue weighted by Crippen LogP contribution is 2.22. The molecule has 27 heavy (non-hydrogen) atoms. The minimum atomic E-state index is -4.37. The van der Waals surface area contributed by atoms with Gasteiger partial charge in [0.25, 0.3) is 0 Å². The van der Waals surface area contributed by atoms with Crippen molar-refractivity contribution in [1.29, 1.82) is 0 Å². The number of nitrogens with one attached hydrogen (secondary N) is 2. The van der Waals surface area contributed by atoms with Crippen LogP contribution in [0.2, 0.25) is 0 Å². The van der Waals surface area contributed by atoms with Gasteiger partial charge >= 0.3 is 6.18 Å². The molecule has 0 aliphatic heterocycles. The van der Waals surface area contributed by atoms with Gasteiger partial charge in [-0.1, -0.05) is 48.0 Å². The SMILES string of the molecule is CN=C(NCc1cccc(C)c1)NCc1ccccc1OCC(F)(F)F.I. The minimum Gasteiger partial charge on any atom is -0.484 e. The molecule has 0 saturated heterocycles. The second-order valence-electron chi connectivity index (χ2n) is 5.78. The third kappa shape index (κ3) is 8.51. The summed E-state index contributed by atoms with van der Waals surface area (Å²) in [6.07, 6.45) is -4.37. The zero-order valence-corrected chi connectivity index (χ0v) is 17.5. The van der Waals surface area contributed by atoms with Gasteiger partial charge in [0.15, 0.2) is 12.6 Å². The Morgan fingerprint density at radius 2 is 1.74 bits per heavy atom. The molecule has 0 heterocycles. The summed E-state index contributed by atoms with van der Waals surface area (Å²) in [5, 5.41) is 6.26. The topological polar surface area (TPSA) is 45.7 Å². The van der Waals surface area contributed by atoms with Crippen molar-refractivity contribution in [3.8, 4) is 5.75 Å². The number of halogens is 4. The van der Waals surface area contributed by atoms with Crippen LogP contribution in [-0.4, -0.2) is 25.8 Å². The fourth-order valence-corrected chi connectivity index (χ4v) is 2.36. The molecule has 0 fully saturated rings. The summed E-state index contributed by atoms with van der Waals surface area (Å²) >= 11 is 0. The van der Waals surface area contributed by atoms with Crippen LogP contribution < -0.4 is 15.4 Å². The van der Waals surface area contributed by atoms with E-state index in [-0.39, 0.29) is 29.7 Å². The summed E-state index contributed by atoms with van der Waals surface area (Å²) in [7, 11) is 1.64. The Morgan fingerprint density at radius 1 is 1.04 bits per heavy atom. The van der Waals surface area contributed by atoms with Gasteiger partial charge in [-0.15, -0.1) is 24.0 Å². The number of guanidine groups is 1. The lowest BCUT2D eigenvalue weighted by Crippen LogP contribution is -2.36. The number of nitrogens with zero attached hydrogens (tertiary/aromatic N) is 1. The van der Waals surface area contributed by atoms with E-state index in [1.807, 2.05) is 25.1 Å². The van der Waals surface area contributed by atoms with Gasteiger partial charge in [-0.2, -0.15) is 13.2 Å². The average Bonchev–Trinajstić information content (AvgIpc) is 2.60. The second-order valence-corrected chi connectivity index (χ2v) is 5.78.